The number of carbonyl (C=O) groups is 1. The Bertz CT molecular complexity index is 819. The highest BCUT2D eigenvalue weighted by Crippen LogP contribution is 2.22. The molecule has 29 heavy (non-hydrogen) atoms. The van der Waals surface area contributed by atoms with Crippen molar-refractivity contribution in [3.63, 3.8) is 0 Å². The van der Waals surface area contributed by atoms with Crippen LogP contribution in [0.2, 0.25) is 0 Å². The maximum absolute atomic E-state index is 12.5. The molecule has 0 saturated heterocycles. The molecule has 5 heteroatoms. The molecular weight excluding hydrogens is 360 g/mol. The number of benzene rings is 2. The van der Waals surface area contributed by atoms with E-state index in [1.54, 1.807) is 0 Å². The first-order valence-electron chi connectivity index (χ1n) is 10.5. The van der Waals surface area contributed by atoms with Crippen molar-refractivity contribution >= 4 is 11.9 Å². The molecule has 1 N–H and O–H groups in total. The van der Waals surface area contributed by atoms with Crippen LogP contribution >= 0.6 is 0 Å². The Morgan fingerprint density at radius 3 is 2.38 bits per heavy atom. The maximum Gasteiger partial charge on any atom is 0.223 e. The zero-order chi connectivity index (χ0) is 20.6. The van der Waals surface area contributed by atoms with E-state index in [9.17, 15) is 4.79 Å². The minimum Gasteiger partial charge on any atom is -0.357 e. The van der Waals surface area contributed by atoms with Crippen molar-refractivity contribution in [2.45, 2.75) is 46.3 Å². The van der Waals surface area contributed by atoms with Gasteiger partial charge in [0.05, 0.1) is 0 Å². The summed E-state index contributed by atoms with van der Waals surface area (Å²) < 4.78 is 0. The highest BCUT2D eigenvalue weighted by atomic mass is 16.2. The van der Waals surface area contributed by atoms with Crippen LogP contribution < -0.4 is 5.32 Å². The molecule has 5 nitrogen and oxygen atoms in total. The molecule has 3 rings (SSSR count). The minimum absolute atomic E-state index is 0.217. The first-order chi connectivity index (χ1) is 14.1. The number of amides is 1. The molecule has 0 bridgehead atoms. The SMILES string of the molecule is CCNC(=NCCCC(=O)N1Cc2ccccc2C1)N(C)Cc1ccc(C)cc1. The molecule has 154 valence electrons. The Morgan fingerprint density at radius 1 is 1.10 bits per heavy atom. The standard InChI is InChI=1S/C24H32N4O/c1-4-25-24(27(3)16-20-13-11-19(2)12-14-20)26-15-7-10-23(29)28-17-21-8-5-6-9-22(21)18-28/h5-6,8-9,11-14H,4,7,10,15-18H2,1-3H3,(H,25,26). The van der Waals surface area contributed by atoms with Gasteiger partial charge in [-0.1, -0.05) is 54.1 Å². The molecule has 2 aromatic rings. The van der Waals surface area contributed by atoms with E-state index < -0.39 is 0 Å². The van der Waals surface area contributed by atoms with E-state index in [1.165, 1.54) is 22.3 Å². The van der Waals surface area contributed by atoms with Gasteiger partial charge in [0, 0.05) is 46.2 Å². The van der Waals surface area contributed by atoms with E-state index in [0.29, 0.717) is 13.0 Å². The number of nitrogens with one attached hydrogen (secondary N) is 1. The molecule has 1 aliphatic heterocycles. The van der Waals surface area contributed by atoms with Gasteiger partial charge in [-0.25, -0.2) is 0 Å². The number of hydrogen-bond donors (Lipinski definition) is 1. The number of fused-ring (bicyclic) bond motifs is 1. The molecule has 0 aromatic heterocycles. The summed E-state index contributed by atoms with van der Waals surface area (Å²) in [7, 11) is 2.05. The van der Waals surface area contributed by atoms with Crippen LogP contribution in [0.5, 0.6) is 0 Å². The Balaban J connectivity index is 1.47. The van der Waals surface area contributed by atoms with Crippen LogP contribution in [-0.2, 0) is 24.4 Å². The van der Waals surface area contributed by atoms with Crippen molar-refractivity contribution in [2.24, 2.45) is 4.99 Å². The fourth-order valence-corrected chi connectivity index (χ4v) is 3.59. The summed E-state index contributed by atoms with van der Waals surface area (Å²) in [6.07, 6.45) is 1.30. The fourth-order valence-electron chi connectivity index (χ4n) is 3.59. The third-order valence-corrected chi connectivity index (χ3v) is 5.24. The predicted molar refractivity (Wildman–Crippen MR) is 119 cm³/mol. The number of nitrogens with zero attached hydrogens (tertiary/aromatic N) is 3. The quantitative estimate of drug-likeness (QED) is 0.444. The lowest BCUT2D eigenvalue weighted by atomic mass is 10.1. The topological polar surface area (TPSA) is 47.9 Å². The molecule has 1 heterocycles. The molecular formula is C24H32N4O. The zero-order valence-electron chi connectivity index (χ0n) is 17.8. The fraction of sp³-hybridized carbons (Fsp3) is 0.417. The van der Waals surface area contributed by atoms with Gasteiger partial charge >= 0.3 is 0 Å². The summed E-state index contributed by atoms with van der Waals surface area (Å²) in [5, 5.41) is 3.35. The summed E-state index contributed by atoms with van der Waals surface area (Å²) in [5.41, 5.74) is 5.06. The van der Waals surface area contributed by atoms with E-state index in [4.69, 9.17) is 4.99 Å². The van der Waals surface area contributed by atoms with E-state index in [1.807, 2.05) is 24.1 Å². The Morgan fingerprint density at radius 2 is 1.76 bits per heavy atom. The maximum atomic E-state index is 12.5. The van der Waals surface area contributed by atoms with E-state index >= 15 is 0 Å². The van der Waals surface area contributed by atoms with Gasteiger partial charge in [0.25, 0.3) is 0 Å². The lowest BCUT2D eigenvalue weighted by Crippen LogP contribution is -2.38. The first-order valence-corrected chi connectivity index (χ1v) is 10.5. The van der Waals surface area contributed by atoms with Gasteiger partial charge in [-0.05, 0) is 37.0 Å². The van der Waals surface area contributed by atoms with Crippen LogP contribution in [0.3, 0.4) is 0 Å². The van der Waals surface area contributed by atoms with Gasteiger partial charge < -0.3 is 15.1 Å². The van der Waals surface area contributed by atoms with Gasteiger partial charge in [-0.15, -0.1) is 0 Å². The van der Waals surface area contributed by atoms with Crippen molar-refractivity contribution in [2.75, 3.05) is 20.1 Å². The lowest BCUT2D eigenvalue weighted by Gasteiger charge is -2.22. The summed E-state index contributed by atoms with van der Waals surface area (Å²) in [6.45, 7) is 7.91. The molecule has 1 aliphatic rings. The number of hydrogen-bond acceptors (Lipinski definition) is 2. The summed E-state index contributed by atoms with van der Waals surface area (Å²) in [4.78, 5) is 21.3. The second-order valence-electron chi connectivity index (χ2n) is 7.70. The second-order valence-corrected chi connectivity index (χ2v) is 7.70. The highest BCUT2D eigenvalue weighted by molar-refractivity contribution is 5.80. The van der Waals surface area contributed by atoms with Crippen molar-refractivity contribution in [1.29, 1.82) is 0 Å². The van der Waals surface area contributed by atoms with Crippen molar-refractivity contribution in [1.82, 2.24) is 15.1 Å². The van der Waals surface area contributed by atoms with Gasteiger partial charge in [0.1, 0.15) is 0 Å². The first kappa shape index (κ1) is 20.9. The Kier molecular flexibility index (Phi) is 7.28. The van der Waals surface area contributed by atoms with E-state index in [0.717, 1.165) is 38.6 Å². The lowest BCUT2D eigenvalue weighted by molar-refractivity contribution is -0.131. The van der Waals surface area contributed by atoms with E-state index in [2.05, 4.69) is 60.5 Å². The van der Waals surface area contributed by atoms with Crippen LogP contribution in [-0.4, -0.2) is 41.8 Å². The molecule has 2 aromatic carbocycles. The van der Waals surface area contributed by atoms with E-state index in [-0.39, 0.29) is 5.91 Å². The molecule has 1 amide bonds. The molecule has 0 aliphatic carbocycles. The number of aliphatic imine (C=N–C) groups is 1. The Labute approximate surface area is 174 Å². The van der Waals surface area contributed by atoms with Crippen LogP contribution in [0.25, 0.3) is 0 Å². The van der Waals surface area contributed by atoms with Crippen molar-refractivity contribution in [3.8, 4) is 0 Å². The predicted octanol–water partition coefficient (Wildman–Crippen LogP) is 3.71. The highest BCUT2D eigenvalue weighted by Gasteiger charge is 2.22. The van der Waals surface area contributed by atoms with Crippen molar-refractivity contribution < 1.29 is 4.79 Å². The average molecular weight is 393 g/mol. The zero-order valence-corrected chi connectivity index (χ0v) is 17.8. The molecule has 0 atom stereocenters. The normalized spacial score (nSPS) is 13.3. The van der Waals surface area contributed by atoms with Gasteiger partial charge in [-0.3, -0.25) is 9.79 Å². The van der Waals surface area contributed by atoms with Crippen LogP contribution in [0.4, 0.5) is 0 Å². The smallest absolute Gasteiger partial charge is 0.223 e. The third-order valence-electron chi connectivity index (χ3n) is 5.24. The number of guanidine groups is 1. The number of carbonyl (C=O) groups excluding carboxylic acids is 1. The second kappa shape index (κ2) is 10.1. The van der Waals surface area contributed by atoms with Crippen LogP contribution in [0.1, 0.15) is 42.0 Å². The summed E-state index contributed by atoms with van der Waals surface area (Å²) in [6, 6.07) is 16.9. The largest absolute Gasteiger partial charge is 0.357 e. The van der Waals surface area contributed by atoms with Crippen LogP contribution in [0, 0.1) is 6.92 Å². The molecule has 0 fully saturated rings. The average Bonchev–Trinajstić information content (AvgIpc) is 3.16. The van der Waals surface area contributed by atoms with Crippen molar-refractivity contribution in [3.05, 3.63) is 70.8 Å². The minimum atomic E-state index is 0.217. The number of rotatable bonds is 7. The molecule has 0 saturated carbocycles. The van der Waals surface area contributed by atoms with Gasteiger partial charge in [0.2, 0.25) is 5.91 Å². The van der Waals surface area contributed by atoms with Gasteiger partial charge in [0.15, 0.2) is 5.96 Å². The summed E-state index contributed by atoms with van der Waals surface area (Å²) in [5.74, 6) is 1.10. The molecule has 0 unspecified atom stereocenters. The molecule has 0 spiro atoms. The number of aryl methyl sites for hydroxylation is 1. The van der Waals surface area contributed by atoms with Gasteiger partial charge in [-0.2, -0.15) is 0 Å². The Hall–Kier alpha value is -2.82. The molecule has 0 radical (unpaired) electrons. The van der Waals surface area contributed by atoms with Crippen LogP contribution in [0.15, 0.2) is 53.5 Å². The summed E-state index contributed by atoms with van der Waals surface area (Å²) >= 11 is 0. The monoisotopic (exact) mass is 392 g/mol. The third kappa shape index (κ3) is 5.83.